The van der Waals surface area contributed by atoms with E-state index in [-0.39, 0.29) is 6.10 Å². The van der Waals surface area contributed by atoms with Crippen molar-refractivity contribution in [1.29, 1.82) is 0 Å². The van der Waals surface area contributed by atoms with Crippen molar-refractivity contribution in [2.24, 2.45) is 5.92 Å². The molecule has 0 aromatic carbocycles. The molecule has 1 heterocycles. The van der Waals surface area contributed by atoms with E-state index in [4.69, 9.17) is 16.3 Å². The fraction of sp³-hybridized carbons (Fsp3) is 0.812. The number of aromatic nitrogens is 2. The molecule has 0 aliphatic heterocycles. The maximum Gasteiger partial charge on any atom is 0.0850 e. The van der Waals surface area contributed by atoms with E-state index in [0.717, 1.165) is 42.4 Å². The highest BCUT2D eigenvalue weighted by Gasteiger charge is 2.37. The molecular formula is C16H28ClN3O. The molecule has 2 atom stereocenters. The highest BCUT2D eigenvalue weighted by atomic mass is 35.5. The molecule has 0 saturated heterocycles. The summed E-state index contributed by atoms with van der Waals surface area (Å²) < 4.78 is 8.05. The van der Waals surface area contributed by atoms with Crippen LogP contribution in [-0.4, -0.2) is 35.6 Å². The van der Waals surface area contributed by atoms with Crippen LogP contribution in [0.15, 0.2) is 0 Å². The Kier molecular flexibility index (Phi) is 6.08. The molecule has 1 aliphatic rings. The van der Waals surface area contributed by atoms with Gasteiger partial charge in [-0.2, -0.15) is 5.10 Å². The maximum absolute atomic E-state index is 6.53. The lowest BCUT2D eigenvalue weighted by Gasteiger charge is -2.27. The number of nitrogens with one attached hydrogen (secondary N) is 1. The molecule has 120 valence electrons. The number of hydrogen-bond donors (Lipinski definition) is 1. The molecule has 0 bridgehead atoms. The van der Waals surface area contributed by atoms with E-state index < -0.39 is 0 Å². The monoisotopic (exact) mass is 313 g/mol. The predicted octanol–water partition coefficient (Wildman–Crippen LogP) is 3.06. The zero-order valence-corrected chi connectivity index (χ0v) is 14.4. The predicted molar refractivity (Wildman–Crippen MR) is 87.0 cm³/mol. The molecule has 1 aromatic heterocycles. The van der Waals surface area contributed by atoms with Gasteiger partial charge in [0.2, 0.25) is 0 Å². The van der Waals surface area contributed by atoms with Crippen LogP contribution in [0.3, 0.4) is 0 Å². The van der Waals surface area contributed by atoms with Gasteiger partial charge in [-0.05, 0) is 46.1 Å². The number of nitrogens with zero attached hydrogens (tertiary/aromatic N) is 2. The summed E-state index contributed by atoms with van der Waals surface area (Å²) in [6.07, 6.45) is 4.59. The van der Waals surface area contributed by atoms with Gasteiger partial charge in [0.25, 0.3) is 0 Å². The summed E-state index contributed by atoms with van der Waals surface area (Å²) in [4.78, 5) is 0. The van der Waals surface area contributed by atoms with Crippen molar-refractivity contribution in [2.75, 3.05) is 13.7 Å². The Morgan fingerprint density at radius 1 is 1.38 bits per heavy atom. The van der Waals surface area contributed by atoms with Gasteiger partial charge in [0.15, 0.2) is 0 Å². The second kappa shape index (κ2) is 7.61. The lowest BCUT2D eigenvalue weighted by Crippen LogP contribution is -2.43. The van der Waals surface area contributed by atoms with Crippen molar-refractivity contribution in [2.45, 2.75) is 65.1 Å². The quantitative estimate of drug-likeness (QED) is 0.761. The van der Waals surface area contributed by atoms with Crippen molar-refractivity contribution in [3.63, 3.8) is 0 Å². The Hall–Kier alpha value is -0.580. The Bertz CT molecular complexity index is 457. The Morgan fingerprint density at radius 2 is 2.10 bits per heavy atom. The van der Waals surface area contributed by atoms with Crippen LogP contribution >= 0.6 is 11.6 Å². The fourth-order valence-corrected chi connectivity index (χ4v) is 3.35. The summed E-state index contributed by atoms with van der Waals surface area (Å²) in [6.45, 7) is 7.90. The van der Waals surface area contributed by atoms with Crippen LogP contribution in [-0.2, 0) is 24.1 Å². The van der Waals surface area contributed by atoms with Crippen molar-refractivity contribution in [1.82, 2.24) is 15.1 Å². The van der Waals surface area contributed by atoms with E-state index in [1.54, 1.807) is 0 Å². The molecule has 5 heteroatoms. The molecule has 0 radical (unpaired) electrons. The summed E-state index contributed by atoms with van der Waals surface area (Å²) in [5.41, 5.74) is 2.14. The summed E-state index contributed by atoms with van der Waals surface area (Å²) in [5.74, 6) is 0.699. The number of rotatable bonds is 9. The first-order valence-corrected chi connectivity index (χ1v) is 8.56. The minimum absolute atomic E-state index is 0.279. The number of aryl methyl sites for hydroxylation is 2. The van der Waals surface area contributed by atoms with Gasteiger partial charge in [0.05, 0.1) is 22.5 Å². The number of likely N-dealkylation sites (N-methyl/N-ethyl adjacent to an activating group) is 1. The summed E-state index contributed by atoms with van der Waals surface area (Å²) >= 11 is 6.53. The van der Waals surface area contributed by atoms with Crippen LogP contribution in [0, 0.1) is 5.92 Å². The summed E-state index contributed by atoms with van der Waals surface area (Å²) in [7, 11) is 2.01. The maximum atomic E-state index is 6.53. The SMILES string of the molecule is CCOC(C1CC1)C(Cc1c(Cl)c(CC)nn1CC)NC. The average Bonchev–Trinajstić information content (AvgIpc) is 3.28. The largest absolute Gasteiger partial charge is 0.377 e. The third kappa shape index (κ3) is 3.79. The van der Waals surface area contributed by atoms with E-state index in [9.17, 15) is 0 Å². The zero-order chi connectivity index (χ0) is 15.4. The van der Waals surface area contributed by atoms with E-state index in [1.165, 1.54) is 12.8 Å². The van der Waals surface area contributed by atoms with Crippen molar-refractivity contribution in [3.05, 3.63) is 16.4 Å². The van der Waals surface area contributed by atoms with Gasteiger partial charge in [-0.25, -0.2) is 0 Å². The topological polar surface area (TPSA) is 39.1 Å². The number of ether oxygens (including phenoxy) is 1. The molecular weight excluding hydrogens is 286 g/mol. The van der Waals surface area contributed by atoms with Gasteiger partial charge in [-0.3, -0.25) is 4.68 Å². The van der Waals surface area contributed by atoms with Crippen LogP contribution in [0.25, 0.3) is 0 Å². The van der Waals surface area contributed by atoms with Gasteiger partial charge in [-0.1, -0.05) is 18.5 Å². The molecule has 1 aliphatic carbocycles. The molecule has 2 rings (SSSR count). The van der Waals surface area contributed by atoms with Crippen LogP contribution in [0.4, 0.5) is 0 Å². The lowest BCUT2D eigenvalue weighted by molar-refractivity contribution is 0.0206. The average molecular weight is 314 g/mol. The van der Waals surface area contributed by atoms with Crippen LogP contribution < -0.4 is 5.32 Å². The van der Waals surface area contributed by atoms with E-state index in [1.807, 2.05) is 11.7 Å². The van der Waals surface area contributed by atoms with Crippen LogP contribution in [0.5, 0.6) is 0 Å². The molecule has 2 unspecified atom stereocenters. The molecule has 1 saturated carbocycles. The Balaban J connectivity index is 2.19. The molecule has 4 nitrogen and oxygen atoms in total. The molecule has 21 heavy (non-hydrogen) atoms. The number of hydrogen-bond acceptors (Lipinski definition) is 3. The molecule has 1 aromatic rings. The van der Waals surface area contributed by atoms with Crippen molar-refractivity contribution < 1.29 is 4.74 Å². The van der Waals surface area contributed by atoms with E-state index in [2.05, 4.69) is 31.2 Å². The highest BCUT2D eigenvalue weighted by molar-refractivity contribution is 6.31. The molecule has 1 fully saturated rings. The fourth-order valence-electron chi connectivity index (χ4n) is 3.00. The molecule has 0 spiro atoms. The van der Waals surface area contributed by atoms with Gasteiger partial charge in [-0.15, -0.1) is 0 Å². The zero-order valence-electron chi connectivity index (χ0n) is 13.7. The van der Waals surface area contributed by atoms with Crippen LogP contribution in [0.1, 0.15) is 45.0 Å². The lowest BCUT2D eigenvalue weighted by atomic mass is 10.0. The smallest absolute Gasteiger partial charge is 0.0850 e. The highest BCUT2D eigenvalue weighted by Crippen LogP contribution is 2.37. The van der Waals surface area contributed by atoms with Gasteiger partial charge in [0.1, 0.15) is 0 Å². The third-order valence-corrected chi connectivity index (χ3v) is 4.76. The third-order valence-electron chi connectivity index (χ3n) is 4.32. The van der Waals surface area contributed by atoms with E-state index >= 15 is 0 Å². The minimum atomic E-state index is 0.279. The molecule has 0 amide bonds. The first-order chi connectivity index (χ1) is 10.2. The standard InChI is InChI=1S/C16H28ClN3O/c1-5-12-15(17)14(20(6-2)19-12)10-13(18-4)16(21-7-3)11-8-9-11/h11,13,16,18H,5-10H2,1-4H3. The first kappa shape index (κ1) is 16.8. The van der Waals surface area contributed by atoms with Gasteiger partial charge < -0.3 is 10.1 Å². The summed E-state index contributed by atoms with van der Waals surface area (Å²) in [6, 6.07) is 0.293. The van der Waals surface area contributed by atoms with Crippen molar-refractivity contribution in [3.8, 4) is 0 Å². The second-order valence-electron chi connectivity index (χ2n) is 5.73. The van der Waals surface area contributed by atoms with Crippen molar-refractivity contribution >= 4 is 11.6 Å². The minimum Gasteiger partial charge on any atom is -0.377 e. The normalized spacial score (nSPS) is 18.0. The Labute approximate surface area is 133 Å². The van der Waals surface area contributed by atoms with Crippen LogP contribution in [0.2, 0.25) is 5.02 Å². The summed E-state index contributed by atoms with van der Waals surface area (Å²) in [5, 5.41) is 8.89. The van der Waals surface area contributed by atoms with E-state index in [0.29, 0.717) is 12.0 Å². The molecule has 1 N–H and O–H groups in total. The Morgan fingerprint density at radius 3 is 2.57 bits per heavy atom. The second-order valence-corrected chi connectivity index (χ2v) is 6.11. The van der Waals surface area contributed by atoms with Gasteiger partial charge in [0, 0.05) is 25.6 Å². The van der Waals surface area contributed by atoms with Gasteiger partial charge >= 0.3 is 0 Å². The number of halogens is 1. The first-order valence-electron chi connectivity index (χ1n) is 8.19.